The molecule has 1 N–H and O–H groups in total. The topological polar surface area (TPSA) is 159 Å². The molecule has 1 atom stereocenters. The molecule has 1 aliphatic carbocycles. The molecule has 0 radical (unpaired) electrons. The molecule has 2 aliphatic rings. The average molecular weight is 569 g/mol. The zero-order valence-corrected chi connectivity index (χ0v) is 22.1. The molecule has 14 heteroatoms. The van der Waals surface area contributed by atoms with Crippen molar-refractivity contribution in [2.45, 2.75) is 13.0 Å². The summed E-state index contributed by atoms with van der Waals surface area (Å²) < 4.78 is 16.4. The molecule has 0 fully saturated rings. The molecule has 13 nitrogen and oxygen atoms in total. The molecule has 5 rings (SSSR count). The first-order chi connectivity index (χ1) is 19.2. The van der Waals surface area contributed by atoms with Gasteiger partial charge in [-0.1, -0.05) is 17.7 Å². The van der Waals surface area contributed by atoms with Crippen molar-refractivity contribution in [1.29, 1.82) is 0 Å². The van der Waals surface area contributed by atoms with Crippen LogP contribution in [0.2, 0.25) is 0 Å². The van der Waals surface area contributed by atoms with Crippen molar-refractivity contribution in [3.63, 3.8) is 0 Å². The molecule has 206 valence electrons. The van der Waals surface area contributed by atoms with Crippen molar-refractivity contribution < 1.29 is 33.7 Å². The molecule has 3 aromatic rings. The summed E-state index contributed by atoms with van der Waals surface area (Å²) >= 11 is 6.37. The number of hydrogen-bond donors (Lipinski definition) is 1. The summed E-state index contributed by atoms with van der Waals surface area (Å²) in [5.74, 6) is -0.159. The number of aromatic nitrogens is 1. The Morgan fingerprint density at radius 3 is 2.50 bits per heavy atom. The molecule has 0 amide bonds. The van der Waals surface area contributed by atoms with Crippen LogP contribution in [-0.4, -0.2) is 52.7 Å². The second-order valence-corrected chi connectivity index (χ2v) is 9.00. The van der Waals surface area contributed by atoms with Crippen molar-refractivity contribution in [2.75, 3.05) is 20.8 Å². The van der Waals surface area contributed by atoms with Crippen molar-refractivity contribution in [3.8, 4) is 17.2 Å². The quantitative estimate of drug-likeness (QED) is 0.243. The smallest absolute Gasteiger partial charge is 0.360 e. The number of hydroxylamine groups is 2. The van der Waals surface area contributed by atoms with E-state index in [0.29, 0.717) is 43.6 Å². The van der Waals surface area contributed by atoms with Gasteiger partial charge in [0.05, 0.1) is 53.0 Å². The second-order valence-electron chi connectivity index (χ2n) is 8.56. The number of hydrogen-bond acceptors (Lipinski definition) is 10. The molecule has 2 heterocycles. The highest BCUT2D eigenvalue weighted by molar-refractivity contribution is 6.31. The third-order valence-corrected chi connectivity index (χ3v) is 6.61. The van der Waals surface area contributed by atoms with Crippen LogP contribution in [0.25, 0.3) is 22.2 Å². The number of H-pyrrole nitrogens is 1. The zero-order chi connectivity index (χ0) is 28.7. The molecular formula is C26H21ClN4O9. The number of nitrogens with zero attached hydrogens (tertiary/aromatic N) is 3. The van der Waals surface area contributed by atoms with E-state index in [2.05, 4.69) is 4.98 Å². The Kier molecular flexibility index (Phi) is 6.81. The van der Waals surface area contributed by atoms with Crippen LogP contribution in [-0.2, 0) is 9.53 Å². The monoisotopic (exact) mass is 568 g/mol. The number of ether oxygens (including phenoxy) is 3. The minimum absolute atomic E-state index is 0.0261. The summed E-state index contributed by atoms with van der Waals surface area (Å²) in [6.07, 6.45) is 5.00. The summed E-state index contributed by atoms with van der Waals surface area (Å²) in [7, 11) is 3.01. The maximum atomic E-state index is 13.5. The Balaban J connectivity index is 1.85. The number of non-ortho nitro benzene ring substituents is 1. The summed E-state index contributed by atoms with van der Waals surface area (Å²) in [6, 6.07) is 5.52. The van der Waals surface area contributed by atoms with E-state index in [4.69, 9.17) is 30.6 Å². The van der Waals surface area contributed by atoms with Gasteiger partial charge >= 0.3 is 11.7 Å². The predicted molar refractivity (Wildman–Crippen MR) is 143 cm³/mol. The predicted octanol–water partition coefficient (Wildman–Crippen LogP) is 3.19. The Labute approximate surface area is 230 Å². The van der Waals surface area contributed by atoms with Crippen molar-refractivity contribution >= 4 is 51.1 Å². The van der Waals surface area contributed by atoms with Crippen molar-refractivity contribution in [2.24, 2.45) is 0 Å². The van der Waals surface area contributed by atoms with Gasteiger partial charge in [0.15, 0.2) is 5.70 Å². The largest absolute Gasteiger partial charge is 0.497 e. The SMILES string of the molecule is CCOC(=O)C1=c2[nH]c3cc(OC)cc(OC)c3c2=C2C=CC(Cl)=CC2N1Oc1ccc([N+](=O)[O-])cc1[N+](=O)[O-]. The minimum atomic E-state index is -0.856. The van der Waals surface area contributed by atoms with Gasteiger partial charge in [0.25, 0.3) is 5.69 Å². The molecule has 0 saturated heterocycles. The number of carbonyl (C=O) groups excluding carboxylic acids is 1. The van der Waals surface area contributed by atoms with E-state index in [1.807, 2.05) is 0 Å². The first-order valence-corrected chi connectivity index (χ1v) is 12.2. The van der Waals surface area contributed by atoms with Gasteiger partial charge in [-0.05, 0) is 30.7 Å². The lowest BCUT2D eigenvalue weighted by atomic mass is 9.94. The van der Waals surface area contributed by atoms with Gasteiger partial charge in [0.1, 0.15) is 17.5 Å². The van der Waals surface area contributed by atoms with Crippen LogP contribution in [0.15, 0.2) is 53.6 Å². The molecule has 0 saturated carbocycles. The number of halogens is 1. The first-order valence-electron chi connectivity index (χ1n) is 11.8. The lowest BCUT2D eigenvalue weighted by molar-refractivity contribution is -0.395. The number of nitro groups is 2. The number of nitro benzene ring substituents is 2. The van der Waals surface area contributed by atoms with Crippen LogP contribution >= 0.6 is 11.6 Å². The fourth-order valence-electron chi connectivity index (χ4n) is 4.69. The zero-order valence-electron chi connectivity index (χ0n) is 21.3. The molecule has 40 heavy (non-hydrogen) atoms. The second kappa shape index (κ2) is 10.3. The van der Waals surface area contributed by atoms with E-state index in [1.165, 1.54) is 14.2 Å². The van der Waals surface area contributed by atoms with Gasteiger partial charge in [-0.25, -0.2) is 4.79 Å². The van der Waals surface area contributed by atoms with Crippen LogP contribution in [0.5, 0.6) is 17.2 Å². The highest BCUT2D eigenvalue weighted by atomic mass is 35.5. The van der Waals surface area contributed by atoms with Crippen LogP contribution in [0, 0.1) is 20.2 Å². The molecule has 2 aromatic carbocycles. The number of nitrogens with one attached hydrogen (secondary N) is 1. The average Bonchev–Trinajstić information content (AvgIpc) is 3.31. The lowest BCUT2D eigenvalue weighted by Gasteiger charge is -2.35. The third-order valence-electron chi connectivity index (χ3n) is 6.36. The van der Waals surface area contributed by atoms with Crippen LogP contribution < -0.4 is 24.9 Å². The van der Waals surface area contributed by atoms with Crippen molar-refractivity contribution in [1.82, 2.24) is 10.0 Å². The van der Waals surface area contributed by atoms with Gasteiger partial charge < -0.3 is 24.0 Å². The molecular weight excluding hydrogens is 548 g/mol. The molecule has 0 bridgehead atoms. The number of carbonyl (C=O) groups is 1. The summed E-state index contributed by atoms with van der Waals surface area (Å²) in [6.45, 7) is 1.66. The van der Waals surface area contributed by atoms with Crippen LogP contribution in [0.1, 0.15) is 6.92 Å². The van der Waals surface area contributed by atoms with Crippen molar-refractivity contribution in [3.05, 3.63) is 84.4 Å². The van der Waals surface area contributed by atoms with Gasteiger partial charge in [0, 0.05) is 28.5 Å². The highest BCUT2D eigenvalue weighted by Crippen LogP contribution is 2.37. The Morgan fingerprint density at radius 2 is 1.85 bits per heavy atom. The van der Waals surface area contributed by atoms with E-state index < -0.39 is 33.2 Å². The summed E-state index contributed by atoms with van der Waals surface area (Å²) in [5.41, 5.74) is -0.0686. The van der Waals surface area contributed by atoms with E-state index in [0.717, 1.165) is 23.3 Å². The summed E-state index contributed by atoms with van der Waals surface area (Å²) in [4.78, 5) is 44.3. The fraction of sp³-hybridized carbons (Fsp3) is 0.192. The van der Waals surface area contributed by atoms with E-state index >= 15 is 0 Å². The molecule has 1 aliphatic heterocycles. The molecule has 1 unspecified atom stereocenters. The Morgan fingerprint density at radius 1 is 1.07 bits per heavy atom. The maximum absolute atomic E-state index is 13.5. The number of aromatic amines is 1. The van der Waals surface area contributed by atoms with E-state index in [1.54, 1.807) is 37.3 Å². The van der Waals surface area contributed by atoms with Gasteiger partial charge in [-0.15, -0.1) is 0 Å². The third kappa shape index (κ3) is 4.35. The minimum Gasteiger partial charge on any atom is -0.497 e. The molecule has 1 aromatic heterocycles. The Bertz CT molecular complexity index is 1780. The number of benzene rings is 2. The number of rotatable bonds is 8. The standard InChI is InChI=1S/C26H21ClN4O9/c1-4-39-26(32)25-24-22(23-17(28-24)11-15(37-2)12-21(23)38-3)16-7-5-13(27)9-18(16)29(25)40-20-8-6-14(30(33)34)10-19(20)31(35)36/h5-12,18,28H,4H2,1-3H3. The number of esters is 1. The van der Waals surface area contributed by atoms with E-state index in [9.17, 15) is 25.0 Å². The number of allylic oxidation sites excluding steroid dienone is 2. The first kappa shape index (κ1) is 26.6. The maximum Gasteiger partial charge on any atom is 0.360 e. The van der Waals surface area contributed by atoms with Crippen LogP contribution in [0.3, 0.4) is 0 Å². The normalized spacial score (nSPS) is 15.8. The van der Waals surface area contributed by atoms with Crippen LogP contribution in [0.4, 0.5) is 11.4 Å². The van der Waals surface area contributed by atoms with Gasteiger partial charge in [0.2, 0.25) is 5.75 Å². The van der Waals surface area contributed by atoms with Gasteiger partial charge in [-0.3, -0.25) is 20.2 Å². The number of methoxy groups -OCH3 is 2. The molecule has 0 spiro atoms. The number of fused-ring (bicyclic) bond motifs is 4. The summed E-state index contributed by atoms with van der Waals surface area (Å²) in [5, 5.41) is 26.1. The van der Waals surface area contributed by atoms with Gasteiger partial charge in [-0.2, -0.15) is 5.06 Å². The fourth-order valence-corrected chi connectivity index (χ4v) is 4.87. The lowest BCUT2D eigenvalue weighted by Crippen LogP contribution is -2.51. The Hall–Kier alpha value is -5.04. The highest BCUT2D eigenvalue weighted by Gasteiger charge is 2.38. The van der Waals surface area contributed by atoms with E-state index in [-0.39, 0.29) is 18.1 Å².